The molecule has 160 valence electrons. The van der Waals surface area contributed by atoms with Crippen molar-refractivity contribution in [2.75, 3.05) is 62.2 Å². The van der Waals surface area contributed by atoms with E-state index in [2.05, 4.69) is 59.6 Å². The lowest BCUT2D eigenvalue weighted by molar-refractivity contribution is 0.147. The minimum Gasteiger partial charge on any atom is -0.353 e. The summed E-state index contributed by atoms with van der Waals surface area (Å²) in [5, 5.41) is 0. The zero-order valence-electron chi connectivity index (χ0n) is 18.6. The van der Waals surface area contributed by atoms with Crippen molar-refractivity contribution in [3.8, 4) is 0 Å². The second-order valence-corrected chi connectivity index (χ2v) is 8.54. The van der Waals surface area contributed by atoms with Crippen LogP contribution in [0.15, 0.2) is 24.5 Å². The molecule has 2 fully saturated rings. The Morgan fingerprint density at radius 3 is 1.37 bits per heavy atom. The van der Waals surface area contributed by atoms with E-state index in [0.717, 1.165) is 64.0 Å². The first-order valence-corrected chi connectivity index (χ1v) is 10.8. The third kappa shape index (κ3) is 4.20. The van der Waals surface area contributed by atoms with E-state index in [1.807, 2.05) is 22.2 Å². The summed E-state index contributed by atoms with van der Waals surface area (Å²) < 4.78 is 0. The second kappa shape index (κ2) is 8.50. The van der Waals surface area contributed by atoms with E-state index in [4.69, 9.17) is 0 Å². The van der Waals surface area contributed by atoms with Crippen LogP contribution in [0.2, 0.25) is 0 Å². The van der Waals surface area contributed by atoms with Crippen molar-refractivity contribution >= 4 is 17.7 Å². The van der Waals surface area contributed by atoms with Crippen molar-refractivity contribution in [2.24, 2.45) is 0 Å². The monoisotopic (exact) mass is 408 g/mol. The number of aromatic nitrogens is 2. The summed E-state index contributed by atoms with van der Waals surface area (Å²) in [5.74, 6) is 2.09. The molecule has 2 aromatic rings. The fourth-order valence-electron chi connectivity index (χ4n) is 4.50. The molecule has 4 heterocycles. The predicted octanol–water partition coefficient (Wildman–Crippen LogP) is 2.77. The van der Waals surface area contributed by atoms with Crippen molar-refractivity contribution in [3.63, 3.8) is 0 Å². The standard InChI is InChI=1S/C23H32N6O/c1-17-13-19(3)21(24-15-17)26-5-9-28(10-6-26)23(30)29-11-7-27(8-12-29)22-20(4)14-18(2)16-25-22/h13-16H,5-12H2,1-4H3. The molecule has 0 unspecified atom stereocenters. The Balaban J connectivity index is 1.31. The molecule has 0 atom stereocenters. The number of carbonyl (C=O) groups excluding carboxylic acids is 1. The number of aryl methyl sites for hydroxylation is 4. The van der Waals surface area contributed by atoms with Gasteiger partial charge in [0.2, 0.25) is 0 Å². The Morgan fingerprint density at radius 2 is 1.03 bits per heavy atom. The maximum atomic E-state index is 13.0. The third-order valence-corrected chi connectivity index (χ3v) is 6.07. The number of pyridine rings is 2. The lowest BCUT2D eigenvalue weighted by Crippen LogP contribution is -2.57. The second-order valence-electron chi connectivity index (χ2n) is 8.54. The molecule has 30 heavy (non-hydrogen) atoms. The van der Waals surface area contributed by atoms with E-state index >= 15 is 0 Å². The molecular formula is C23H32N6O. The minimum atomic E-state index is 0.163. The largest absolute Gasteiger partial charge is 0.353 e. The number of amides is 2. The summed E-state index contributed by atoms with van der Waals surface area (Å²) >= 11 is 0. The quantitative estimate of drug-likeness (QED) is 0.765. The van der Waals surface area contributed by atoms with Gasteiger partial charge < -0.3 is 19.6 Å². The van der Waals surface area contributed by atoms with Crippen LogP contribution >= 0.6 is 0 Å². The van der Waals surface area contributed by atoms with Gasteiger partial charge in [-0.05, 0) is 49.9 Å². The van der Waals surface area contributed by atoms with Crippen LogP contribution in [0.5, 0.6) is 0 Å². The third-order valence-electron chi connectivity index (χ3n) is 6.07. The lowest BCUT2D eigenvalue weighted by atomic mass is 10.2. The molecule has 2 aliphatic rings. The van der Waals surface area contributed by atoms with E-state index in [1.54, 1.807) is 0 Å². The highest BCUT2D eigenvalue weighted by Gasteiger charge is 2.29. The van der Waals surface area contributed by atoms with Gasteiger partial charge in [-0.3, -0.25) is 0 Å². The van der Waals surface area contributed by atoms with Crippen molar-refractivity contribution in [1.29, 1.82) is 0 Å². The van der Waals surface area contributed by atoms with Crippen LogP contribution < -0.4 is 9.80 Å². The molecule has 2 amide bonds. The summed E-state index contributed by atoms with van der Waals surface area (Å²) in [4.78, 5) is 30.8. The van der Waals surface area contributed by atoms with E-state index in [-0.39, 0.29) is 6.03 Å². The fourth-order valence-corrected chi connectivity index (χ4v) is 4.50. The molecule has 0 radical (unpaired) electrons. The maximum Gasteiger partial charge on any atom is 0.320 e. The van der Waals surface area contributed by atoms with Crippen molar-refractivity contribution in [2.45, 2.75) is 27.7 Å². The van der Waals surface area contributed by atoms with Gasteiger partial charge in [0.25, 0.3) is 0 Å². The average molecular weight is 409 g/mol. The molecule has 4 rings (SSSR count). The maximum absolute atomic E-state index is 13.0. The Morgan fingerprint density at radius 1 is 0.667 bits per heavy atom. The van der Waals surface area contributed by atoms with Gasteiger partial charge in [0.1, 0.15) is 11.6 Å². The number of rotatable bonds is 2. The number of nitrogens with zero attached hydrogens (tertiary/aromatic N) is 6. The summed E-state index contributed by atoms with van der Waals surface area (Å²) in [6, 6.07) is 4.50. The van der Waals surface area contributed by atoms with Crippen molar-refractivity contribution in [1.82, 2.24) is 19.8 Å². The Kier molecular flexibility index (Phi) is 5.79. The lowest BCUT2D eigenvalue weighted by Gasteiger charge is -2.41. The highest BCUT2D eigenvalue weighted by molar-refractivity contribution is 5.75. The number of hydrogen-bond acceptors (Lipinski definition) is 5. The molecule has 7 heteroatoms. The number of carbonyl (C=O) groups is 1. The molecule has 7 nitrogen and oxygen atoms in total. The van der Waals surface area contributed by atoms with Gasteiger partial charge >= 0.3 is 6.03 Å². The molecule has 0 aliphatic carbocycles. The van der Waals surface area contributed by atoms with Crippen LogP contribution in [0.1, 0.15) is 22.3 Å². The first-order valence-electron chi connectivity index (χ1n) is 10.8. The van der Waals surface area contributed by atoms with Crippen LogP contribution in [0, 0.1) is 27.7 Å². The van der Waals surface area contributed by atoms with Gasteiger partial charge in [0.15, 0.2) is 0 Å². The highest BCUT2D eigenvalue weighted by atomic mass is 16.2. The first kappa shape index (κ1) is 20.4. The molecule has 0 bridgehead atoms. The van der Waals surface area contributed by atoms with Gasteiger partial charge in [-0.15, -0.1) is 0 Å². The van der Waals surface area contributed by atoms with Crippen molar-refractivity contribution in [3.05, 3.63) is 46.8 Å². The molecule has 0 N–H and O–H groups in total. The normalized spacial score (nSPS) is 17.5. The number of piperazine rings is 2. The van der Waals surface area contributed by atoms with E-state index in [0.29, 0.717) is 0 Å². The van der Waals surface area contributed by atoms with E-state index < -0.39 is 0 Å². The first-order chi connectivity index (χ1) is 14.4. The van der Waals surface area contributed by atoms with Gasteiger partial charge in [-0.25, -0.2) is 14.8 Å². The molecule has 2 saturated heterocycles. The summed E-state index contributed by atoms with van der Waals surface area (Å²) in [5.41, 5.74) is 4.76. The molecule has 2 aliphatic heterocycles. The smallest absolute Gasteiger partial charge is 0.320 e. The molecule has 0 saturated carbocycles. The minimum absolute atomic E-state index is 0.163. The predicted molar refractivity (Wildman–Crippen MR) is 120 cm³/mol. The van der Waals surface area contributed by atoms with Crippen LogP contribution in [0.25, 0.3) is 0 Å². The number of hydrogen-bond donors (Lipinski definition) is 0. The summed E-state index contributed by atoms with van der Waals surface area (Å²) in [6.45, 7) is 14.6. The van der Waals surface area contributed by atoms with Gasteiger partial charge in [0, 0.05) is 64.8 Å². The molecule has 2 aromatic heterocycles. The van der Waals surface area contributed by atoms with Crippen molar-refractivity contribution < 1.29 is 4.79 Å². The Hall–Kier alpha value is -2.83. The van der Waals surface area contributed by atoms with Crippen LogP contribution in [-0.2, 0) is 0 Å². The zero-order valence-corrected chi connectivity index (χ0v) is 18.6. The SMILES string of the molecule is Cc1cnc(N2CCN(C(=O)N3CCN(c4ncc(C)cc4C)CC3)CC2)c(C)c1. The van der Waals surface area contributed by atoms with Crippen LogP contribution in [0.3, 0.4) is 0 Å². The Labute approximate surface area is 179 Å². The molecule has 0 aromatic carbocycles. The number of urea groups is 1. The molecular weight excluding hydrogens is 376 g/mol. The summed E-state index contributed by atoms with van der Waals surface area (Å²) in [7, 11) is 0. The summed E-state index contributed by atoms with van der Waals surface area (Å²) in [6.07, 6.45) is 3.84. The zero-order chi connectivity index (χ0) is 21.3. The van der Waals surface area contributed by atoms with Crippen LogP contribution in [0.4, 0.5) is 16.4 Å². The van der Waals surface area contributed by atoms with E-state index in [1.165, 1.54) is 22.3 Å². The average Bonchev–Trinajstić information content (AvgIpc) is 2.74. The molecule has 0 spiro atoms. The van der Waals surface area contributed by atoms with Gasteiger partial charge in [-0.1, -0.05) is 12.1 Å². The van der Waals surface area contributed by atoms with Crippen LogP contribution in [-0.4, -0.2) is 78.2 Å². The highest BCUT2D eigenvalue weighted by Crippen LogP contribution is 2.22. The number of anilines is 2. The fraction of sp³-hybridized carbons (Fsp3) is 0.522. The van der Waals surface area contributed by atoms with Gasteiger partial charge in [0.05, 0.1) is 0 Å². The van der Waals surface area contributed by atoms with Gasteiger partial charge in [-0.2, -0.15) is 0 Å². The topological polar surface area (TPSA) is 55.8 Å². The Bertz CT molecular complexity index is 840. The van der Waals surface area contributed by atoms with E-state index in [9.17, 15) is 4.79 Å².